The average molecular weight is 334 g/mol. The summed E-state index contributed by atoms with van der Waals surface area (Å²) in [5, 5.41) is 6.01. The van der Waals surface area contributed by atoms with Gasteiger partial charge < -0.3 is 5.32 Å². The number of nitrogens with one attached hydrogen (secondary N) is 1. The van der Waals surface area contributed by atoms with Crippen molar-refractivity contribution in [3.63, 3.8) is 0 Å². The Kier molecular flexibility index (Phi) is 3.90. The highest BCUT2D eigenvalue weighted by Crippen LogP contribution is 2.45. The summed E-state index contributed by atoms with van der Waals surface area (Å²) in [5.74, 6) is -0.0769. The predicted molar refractivity (Wildman–Crippen MR) is 96.2 cm³/mol. The first-order chi connectivity index (χ1) is 11.8. The van der Waals surface area contributed by atoms with Gasteiger partial charge in [-0.2, -0.15) is 0 Å². The highest BCUT2D eigenvalue weighted by atomic mass is 32.1. The Morgan fingerprint density at radius 2 is 1.71 bits per heavy atom. The molecule has 24 heavy (non-hydrogen) atoms. The zero-order valence-corrected chi connectivity index (χ0v) is 14.1. The summed E-state index contributed by atoms with van der Waals surface area (Å²) >= 11 is 1.54. The summed E-state index contributed by atoms with van der Waals surface area (Å²) in [6.07, 6.45) is 2.75. The van der Waals surface area contributed by atoms with Crippen molar-refractivity contribution in [3.8, 4) is 0 Å². The first-order valence-corrected chi connectivity index (χ1v) is 9.00. The van der Waals surface area contributed by atoms with Gasteiger partial charge in [0.25, 0.3) is 5.91 Å². The van der Waals surface area contributed by atoms with Gasteiger partial charge in [-0.05, 0) is 24.0 Å². The van der Waals surface area contributed by atoms with Gasteiger partial charge in [-0.3, -0.25) is 4.79 Å². The number of aromatic nitrogens is 1. The molecule has 4 rings (SSSR count). The first kappa shape index (κ1) is 15.1. The van der Waals surface area contributed by atoms with Crippen LogP contribution in [0.2, 0.25) is 0 Å². The topological polar surface area (TPSA) is 42.0 Å². The van der Waals surface area contributed by atoms with Gasteiger partial charge in [0.15, 0.2) is 0 Å². The molecule has 120 valence electrons. The Labute approximate surface area is 145 Å². The maximum atomic E-state index is 12.6. The van der Waals surface area contributed by atoms with Crippen molar-refractivity contribution in [3.05, 3.63) is 87.9 Å². The molecule has 0 radical (unpaired) electrons. The summed E-state index contributed by atoms with van der Waals surface area (Å²) in [5.41, 5.74) is 2.72. The van der Waals surface area contributed by atoms with E-state index in [-0.39, 0.29) is 11.4 Å². The second-order valence-corrected chi connectivity index (χ2v) is 7.13. The van der Waals surface area contributed by atoms with Crippen molar-refractivity contribution in [2.45, 2.75) is 24.8 Å². The number of carbonyl (C=O) groups is 1. The molecule has 1 fully saturated rings. The van der Waals surface area contributed by atoms with Crippen LogP contribution >= 0.6 is 11.3 Å². The summed E-state index contributed by atoms with van der Waals surface area (Å²) in [6.45, 7) is 0. The lowest BCUT2D eigenvalue weighted by Crippen LogP contribution is -2.35. The first-order valence-electron chi connectivity index (χ1n) is 8.12. The number of rotatable bonds is 5. The summed E-state index contributed by atoms with van der Waals surface area (Å²) in [7, 11) is 0. The molecule has 1 aliphatic carbocycles. The van der Waals surface area contributed by atoms with Crippen LogP contribution in [0.25, 0.3) is 0 Å². The lowest BCUT2D eigenvalue weighted by molar-refractivity contribution is 0.0926. The number of amides is 1. The van der Waals surface area contributed by atoms with E-state index in [9.17, 15) is 4.79 Å². The van der Waals surface area contributed by atoms with Gasteiger partial charge in [0.2, 0.25) is 0 Å². The second kappa shape index (κ2) is 6.21. The van der Waals surface area contributed by atoms with Gasteiger partial charge in [-0.15, -0.1) is 11.3 Å². The number of carbonyl (C=O) groups excluding carboxylic acids is 1. The van der Waals surface area contributed by atoms with Crippen molar-refractivity contribution in [1.29, 1.82) is 0 Å². The fourth-order valence-electron chi connectivity index (χ4n) is 2.92. The summed E-state index contributed by atoms with van der Waals surface area (Å²) in [4.78, 5) is 17.1. The van der Waals surface area contributed by atoms with Gasteiger partial charge in [0.05, 0.1) is 10.5 Å². The maximum Gasteiger partial charge on any atom is 0.271 e. The van der Waals surface area contributed by atoms with E-state index >= 15 is 0 Å². The van der Waals surface area contributed by atoms with E-state index in [1.165, 1.54) is 11.1 Å². The third kappa shape index (κ3) is 3.10. The molecule has 1 heterocycles. The van der Waals surface area contributed by atoms with Crippen LogP contribution in [0.3, 0.4) is 0 Å². The highest BCUT2D eigenvalue weighted by molar-refractivity contribution is 7.09. The van der Waals surface area contributed by atoms with Gasteiger partial charge in [0.1, 0.15) is 5.69 Å². The molecule has 0 bridgehead atoms. The number of benzene rings is 2. The zero-order chi connectivity index (χ0) is 16.4. The minimum Gasteiger partial charge on any atom is -0.341 e. The molecule has 0 atom stereocenters. The van der Waals surface area contributed by atoms with Crippen LogP contribution in [0.15, 0.2) is 66.0 Å². The summed E-state index contributed by atoms with van der Waals surface area (Å²) in [6, 6.07) is 20.4. The Balaban J connectivity index is 1.46. The van der Waals surface area contributed by atoms with Crippen molar-refractivity contribution in [2.75, 3.05) is 0 Å². The second-order valence-electron chi connectivity index (χ2n) is 6.19. The molecule has 4 heteroatoms. The van der Waals surface area contributed by atoms with E-state index in [1.54, 1.807) is 11.3 Å². The molecule has 1 amide bonds. The minimum absolute atomic E-state index is 0.0769. The van der Waals surface area contributed by atoms with E-state index < -0.39 is 0 Å². The fourth-order valence-corrected chi connectivity index (χ4v) is 3.72. The van der Waals surface area contributed by atoms with Gasteiger partial charge in [-0.1, -0.05) is 60.7 Å². The Bertz CT molecular complexity index is 838. The lowest BCUT2D eigenvalue weighted by Gasteiger charge is -2.17. The molecular formula is C20H18N2OS. The normalized spacial score (nSPS) is 15.0. The molecule has 3 aromatic rings. The van der Waals surface area contributed by atoms with E-state index in [0.29, 0.717) is 5.69 Å². The van der Waals surface area contributed by atoms with Crippen LogP contribution in [-0.4, -0.2) is 10.9 Å². The van der Waals surface area contributed by atoms with E-state index in [4.69, 9.17) is 0 Å². The van der Waals surface area contributed by atoms with Gasteiger partial charge >= 0.3 is 0 Å². The van der Waals surface area contributed by atoms with Gasteiger partial charge in [-0.25, -0.2) is 4.98 Å². The maximum absolute atomic E-state index is 12.6. The van der Waals surface area contributed by atoms with Crippen LogP contribution in [0.1, 0.15) is 39.5 Å². The molecule has 3 nitrogen and oxygen atoms in total. The predicted octanol–water partition coefficient (Wildman–Crippen LogP) is 4.15. The number of nitrogens with zero attached hydrogens (tertiary/aromatic N) is 1. The Morgan fingerprint density at radius 3 is 2.38 bits per heavy atom. The number of hydrogen-bond acceptors (Lipinski definition) is 3. The van der Waals surface area contributed by atoms with Crippen LogP contribution in [0.5, 0.6) is 0 Å². The van der Waals surface area contributed by atoms with Crippen LogP contribution < -0.4 is 5.32 Å². The molecule has 1 aliphatic rings. The molecule has 0 spiro atoms. The van der Waals surface area contributed by atoms with Crippen molar-refractivity contribution in [2.24, 2.45) is 0 Å². The lowest BCUT2D eigenvalue weighted by atomic mass is 10.1. The van der Waals surface area contributed by atoms with Crippen LogP contribution in [-0.2, 0) is 12.0 Å². The summed E-state index contributed by atoms with van der Waals surface area (Å²) < 4.78 is 0. The molecule has 0 aliphatic heterocycles. The van der Waals surface area contributed by atoms with Crippen LogP contribution in [0, 0.1) is 0 Å². The quantitative estimate of drug-likeness (QED) is 0.761. The molecule has 0 saturated heterocycles. The monoisotopic (exact) mass is 334 g/mol. The van der Waals surface area contributed by atoms with E-state index in [2.05, 4.69) is 34.6 Å². The average Bonchev–Trinajstić information content (AvgIpc) is 3.26. The van der Waals surface area contributed by atoms with Crippen molar-refractivity contribution in [1.82, 2.24) is 10.3 Å². The largest absolute Gasteiger partial charge is 0.341 e. The van der Waals surface area contributed by atoms with Gasteiger partial charge in [0, 0.05) is 11.8 Å². The SMILES string of the molecule is O=C(NC1(c2ccccc2)CC1)c1csc(Cc2ccccc2)n1. The minimum atomic E-state index is -0.193. The van der Waals surface area contributed by atoms with Crippen molar-refractivity contribution < 1.29 is 4.79 Å². The van der Waals surface area contributed by atoms with E-state index in [0.717, 1.165) is 24.3 Å². The zero-order valence-electron chi connectivity index (χ0n) is 13.2. The van der Waals surface area contributed by atoms with E-state index in [1.807, 2.05) is 41.8 Å². The third-order valence-electron chi connectivity index (χ3n) is 4.41. The number of thiazole rings is 1. The Hall–Kier alpha value is -2.46. The fraction of sp³-hybridized carbons (Fsp3) is 0.200. The molecule has 1 aromatic heterocycles. The molecule has 1 saturated carbocycles. The molecular weight excluding hydrogens is 316 g/mol. The molecule has 0 unspecified atom stereocenters. The number of hydrogen-bond donors (Lipinski definition) is 1. The molecule has 1 N–H and O–H groups in total. The Morgan fingerprint density at radius 1 is 1.04 bits per heavy atom. The smallest absolute Gasteiger partial charge is 0.271 e. The molecule has 2 aromatic carbocycles. The third-order valence-corrected chi connectivity index (χ3v) is 5.26. The highest BCUT2D eigenvalue weighted by Gasteiger charge is 2.45. The van der Waals surface area contributed by atoms with Crippen LogP contribution in [0.4, 0.5) is 0 Å². The van der Waals surface area contributed by atoms with Crippen molar-refractivity contribution >= 4 is 17.2 Å². The standard InChI is InChI=1S/C20H18N2OS/c23-19(22-20(11-12-20)16-9-5-2-6-10-16)17-14-24-18(21-17)13-15-7-3-1-4-8-15/h1-10,14H,11-13H2,(H,22,23).